The summed E-state index contributed by atoms with van der Waals surface area (Å²) < 4.78 is 1.75. The topological polar surface area (TPSA) is 47.8 Å². The zero-order valence-corrected chi connectivity index (χ0v) is 7.40. The average molecular weight is 167 g/mol. The van der Waals surface area contributed by atoms with E-state index in [-0.39, 0.29) is 0 Å². The van der Waals surface area contributed by atoms with Crippen molar-refractivity contribution >= 4 is 6.29 Å². The molecule has 0 fully saturated rings. The molecule has 12 heavy (non-hydrogen) atoms. The van der Waals surface area contributed by atoms with Crippen molar-refractivity contribution in [1.82, 2.24) is 15.0 Å². The quantitative estimate of drug-likeness (QED) is 0.638. The molecule has 66 valence electrons. The Balaban J connectivity index is 2.79. The number of aromatic nitrogens is 3. The molecule has 0 aliphatic rings. The van der Waals surface area contributed by atoms with Crippen LogP contribution in [0.4, 0.5) is 0 Å². The molecule has 1 heterocycles. The molecule has 0 spiro atoms. The number of hydrogen-bond acceptors (Lipinski definition) is 3. The van der Waals surface area contributed by atoms with Gasteiger partial charge in [-0.2, -0.15) is 0 Å². The second kappa shape index (κ2) is 3.99. The first kappa shape index (κ1) is 8.90. The molecule has 0 bridgehead atoms. The van der Waals surface area contributed by atoms with Crippen LogP contribution in [0.5, 0.6) is 0 Å². The van der Waals surface area contributed by atoms with Crippen molar-refractivity contribution in [3.63, 3.8) is 0 Å². The monoisotopic (exact) mass is 167 g/mol. The molecule has 1 aromatic rings. The van der Waals surface area contributed by atoms with Gasteiger partial charge in [-0.15, -0.1) is 5.10 Å². The van der Waals surface area contributed by atoms with Crippen molar-refractivity contribution in [2.24, 2.45) is 0 Å². The Morgan fingerprint density at radius 3 is 2.67 bits per heavy atom. The van der Waals surface area contributed by atoms with E-state index in [1.807, 2.05) is 0 Å². The van der Waals surface area contributed by atoms with Crippen molar-refractivity contribution < 1.29 is 4.79 Å². The smallest absolute Gasteiger partial charge is 0.171 e. The van der Waals surface area contributed by atoms with Crippen LogP contribution in [0.2, 0.25) is 0 Å². The van der Waals surface area contributed by atoms with Crippen LogP contribution < -0.4 is 0 Å². The van der Waals surface area contributed by atoms with Gasteiger partial charge in [-0.05, 0) is 12.8 Å². The minimum Gasteiger partial charge on any atom is -0.296 e. The van der Waals surface area contributed by atoms with Gasteiger partial charge in [-0.1, -0.05) is 19.1 Å². The number of rotatable bonds is 4. The molecule has 4 nitrogen and oxygen atoms in total. The first-order valence-electron chi connectivity index (χ1n) is 4.18. The van der Waals surface area contributed by atoms with Crippen molar-refractivity contribution in [3.8, 4) is 0 Å². The van der Waals surface area contributed by atoms with Gasteiger partial charge in [0.15, 0.2) is 6.29 Å². The van der Waals surface area contributed by atoms with Gasteiger partial charge in [0, 0.05) is 0 Å². The van der Waals surface area contributed by atoms with E-state index in [1.54, 1.807) is 10.9 Å². The summed E-state index contributed by atoms with van der Waals surface area (Å²) in [6.07, 6.45) is 4.42. The molecule has 0 amide bonds. The predicted molar refractivity (Wildman–Crippen MR) is 45.0 cm³/mol. The molecule has 0 aliphatic carbocycles. The van der Waals surface area contributed by atoms with Crippen LogP contribution in [0.15, 0.2) is 6.20 Å². The predicted octanol–water partition coefficient (Wildman–Crippen LogP) is 1.45. The Hall–Kier alpha value is -1.19. The molecule has 0 saturated heterocycles. The minimum atomic E-state index is 0.367. The third-order valence-corrected chi connectivity index (χ3v) is 1.97. The van der Waals surface area contributed by atoms with Crippen LogP contribution in [0.25, 0.3) is 0 Å². The lowest BCUT2D eigenvalue weighted by Crippen LogP contribution is -2.07. The third kappa shape index (κ3) is 1.69. The fourth-order valence-electron chi connectivity index (χ4n) is 1.19. The van der Waals surface area contributed by atoms with Crippen molar-refractivity contribution in [1.29, 1.82) is 0 Å². The molecule has 0 saturated carbocycles. The van der Waals surface area contributed by atoms with E-state index in [9.17, 15) is 4.79 Å². The molecule has 1 rings (SSSR count). The van der Waals surface area contributed by atoms with Gasteiger partial charge in [0.2, 0.25) is 0 Å². The first-order chi connectivity index (χ1) is 5.81. The highest BCUT2D eigenvalue weighted by atomic mass is 16.1. The van der Waals surface area contributed by atoms with Crippen LogP contribution in [0, 0.1) is 0 Å². The summed E-state index contributed by atoms with van der Waals surface area (Å²) in [6.45, 7) is 4.19. The van der Waals surface area contributed by atoms with E-state index in [4.69, 9.17) is 0 Å². The Labute approximate surface area is 71.6 Å². The number of carbonyl (C=O) groups excluding carboxylic acids is 1. The average Bonchev–Trinajstić information content (AvgIpc) is 2.55. The number of carbonyl (C=O) groups is 1. The molecule has 0 N–H and O–H groups in total. The number of aldehydes is 1. The van der Waals surface area contributed by atoms with Crippen molar-refractivity contribution in [3.05, 3.63) is 11.9 Å². The van der Waals surface area contributed by atoms with E-state index in [0.29, 0.717) is 18.0 Å². The lowest BCUT2D eigenvalue weighted by Gasteiger charge is -2.10. The normalized spacial score (nSPS) is 10.6. The highest BCUT2D eigenvalue weighted by Gasteiger charge is 2.07. The lowest BCUT2D eigenvalue weighted by molar-refractivity contribution is 0.111. The Bertz CT molecular complexity index is 253. The van der Waals surface area contributed by atoms with Crippen molar-refractivity contribution in [2.75, 3.05) is 0 Å². The molecule has 4 heteroatoms. The maximum Gasteiger partial charge on any atom is 0.171 e. The minimum absolute atomic E-state index is 0.367. The van der Waals surface area contributed by atoms with Crippen LogP contribution >= 0.6 is 0 Å². The Morgan fingerprint density at radius 1 is 1.58 bits per heavy atom. The summed E-state index contributed by atoms with van der Waals surface area (Å²) in [5.41, 5.74) is 0.405. The van der Waals surface area contributed by atoms with Gasteiger partial charge in [0.1, 0.15) is 5.69 Å². The summed E-state index contributed by atoms with van der Waals surface area (Å²) >= 11 is 0. The fraction of sp³-hybridized carbons (Fsp3) is 0.625. The second-order valence-electron chi connectivity index (χ2n) is 2.71. The Kier molecular flexibility index (Phi) is 2.96. The van der Waals surface area contributed by atoms with Crippen LogP contribution in [-0.2, 0) is 0 Å². The van der Waals surface area contributed by atoms with Gasteiger partial charge in [0.05, 0.1) is 12.2 Å². The summed E-state index contributed by atoms with van der Waals surface area (Å²) in [6, 6.07) is 0.367. The zero-order chi connectivity index (χ0) is 8.97. The van der Waals surface area contributed by atoms with Crippen molar-refractivity contribution in [2.45, 2.75) is 32.7 Å². The van der Waals surface area contributed by atoms with Gasteiger partial charge in [0.25, 0.3) is 0 Å². The second-order valence-corrected chi connectivity index (χ2v) is 2.71. The third-order valence-electron chi connectivity index (χ3n) is 1.97. The van der Waals surface area contributed by atoms with E-state index in [2.05, 4.69) is 24.2 Å². The van der Waals surface area contributed by atoms with Gasteiger partial charge in [-0.25, -0.2) is 4.68 Å². The molecule has 0 unspecified atom stereocenters. The van der Waals surface area contributed by atoms with E-state index in [0.717, 1.165) is 12.8 Å². The first-order valence-corrected chi connectivity index (χ1v) is 4.18. The largest absolute Gasteiger partial charge is 0.296 e. The van der Waals surface area contributed by atoms with E-state index >= 15 is 0 Å². The number of nitrogens with zero attached hydrogens (tertiary/aromatic N) is 3. The lowest BCUT2D eigenvalue weighted by atomic mass is 10.2. The molecule has 0 radical (unpaired) electrons. The van der Waals surface area contributed by atoms with E-state index < -0.39 is 0 Å². The molecular weight excluding hydrogens is 154 g/mol. The molecule has 0 atom stereocenters. The summed E-state index contributed by atoms with van der Waals surface area (Å²) in [5, 5.41) is 7.56. The molecule has 0 aromatic carbocycles. The highest BCUT2D eigenvalue weighted by molar-refractivity contribution is 5.70. The fourth-order valence-corrected chi connectivity index (χ4v) is 1.19. The zero-order valence-electron chi connectivity index (χ0n) is 7.40. The van der Waals surface area contributed by atoms with Crippen LogP contribution in [-0.4, -0.2) is 21.3 Å². The Morgan fingerprint density at radius 2 is 2.25 bits per heavy atom. The molecular formula is C8H13N3O. The summed E-state index contributed by atoms with van der Waals surface area (Å²) in [7, 11) is 0. The van der Waals surface area contributed by atoms with E-state index in [1.165, 1.54) is 0 Å². The van der Waals surface area contributed by atoms with Crippen LogP contribution in [0.1, 0.15) is 43.2 Å². The van der Waals surface area contributed by atoms with Gasteiger partial charge >= 0.3 is 0 Å². The maximum atomic E-state index is 10.3. The van der Waals surface area contributed by atoms with Gasteiger partial charge in [-0.3, -0.25) is 4.79 Å². The summed E-state index contributed by atoms with van der Waals surface area (Å²) in [4.78, 5) is 10.3. The van der Waals surface area contributed by atoms with Crippen LogP contribution in [0.3, 0.4) is 0 Å². The summed E-state index contributed by atoms with van der Waals surface area (Å²) in [5.74, 6) is 0. The maximum absolute atomic E-state index is 10.3. The SMILES string of the molecule is CCC(CC)n1cc(C=O)nn1. The highest BCUT2D eigenvalue weighted by Crippen LogP contribution is 2.12. The standard InChI is InChI=1S/C8H13N3O/c1-3-8(4-2)11-5-7(6-12)9-10-11/h5-6,8H,3-4H2,1-2H3. The molecule has 1 aromatic heterocycles. The molecule has 0 aliphatic heterocycles. The van der Waals surface area contributed by atoms with Gasteiger partial charge < -0.3 is 0 Å². The number of hydrogen-bond donors (Lipinski definition) is 0.